The van der Waals surface area contributed by atoms with E-state index in [1.54, 1.807) is 11.8 Å². The molecule has 0 spiro atoms. The summed E-state index contributed by atoms with van der Waals surface area (Å²) >= 11 is 1.61. The topological polar surface area (TPSA) is 38.1 Å². The molecule has 1 N–H and O–H groups in total. The van der Waals surface area contributed by atoms with Gasteiger partial charge in [0.25, 0.3) is 0 Å². The summed E-state index contributed by atoms with van der Waals surface area (Å²) in [5, 5.41) is 7.88. The smallest absolute Gasteiger partial charge is 0.151 e. The standard InChI is InChI=1S/C18H28N2OS/c1-12-5-14-6-15(7-14)10-18(3,9-12)19-11-16-8-17(20-21-16)13(2)22-4/h8,12,14-15,19H,2,5-7,9-11H2,1,3-4H3. The van der Waals surface area contributed by atoms with Gasteiger partial charge in [0.15, 0.2) is 5.76 Å². The molecule has 2 atom stereocenters. The quantitative estimate of drug-likeness (QED) is 0.853. The van der Waals surface area contributed by atoms with Crippen LogP contribution in [0.25, 0.3) is 4.91 Å². The fraction of sp³-hybridized carbons (Fsp3) is 0.722. The Kier molecular flexibility index (Phi) is 4.69. The summed E-state index contributed by atoms with van der Waals surface area (Å²) in [5.41, 5.74) is 1.08. The number of aromatic nitrogens is 1. The highest BCUT2D eigenvalue weighted by molar-refractivity contribution is 8.07. The van der Waals surface area contributed by atoms with E-state index < -0.39 is 0 Å². The maximum absolute atomic E-state index is 5.46. The molecule has 22 heavy (non-hydrogen) atoms. The molecular weight excluding hydrogens is 292 g/mol. The van der Waals surface area contributed by atoms with E-state index in [2.05, 4.69) is 30.9 Å². The Balaban J connectivity index is 1.61. The molecule has 3 fully saturated rings. The fourth-order valence-electron chi connectivity index (χ4n) is 4.45. The second kappa shape index (κ2) is 6.40. The van der Waals surface area contributed by atoms with Crippen molar-refractivity contribution in [1.82, 2.24) is 10.5 Å². The number of nitrogens with one attached hydrogen (secondary N) is 1. The molecule has 3 aliphatic carbocycles. The van der Waals surface area contributed by atoms with Gasteiger partial charge in [0.2, 0.25) is 0 Å². The van der Waals surface area contributed by atoms with Gasteiger partial charge in [-0.25, -0.2) is 0 Å². The maximum atomic E-state index is 5.46. The molecule has 2 unspecified atom stereocenters. The number of nitrogens with zero attached hydrogens (tertiary/aromatic N) is 1. The van der Waals surface area contributed by atoms with Crippen LogP contribution < -0.4 is 5.32 Å². The Bertz CT molecular complexity index is 531. The summed E-state index contributed by atoms with van der Waals surface area (Å²) in [6.45, 7) is 9.55. The van der Waals surface area contributed by atoms with Gasteiger partial charge in [-0.05, 0) is 63.0 Å². The van der Waals surface area contributed by atoms with Gasteiger partial charge >= 0.3 is 0 Å². The van der Waals surface area contributed by atoms with Crippen molar-refractivity contribution in [2.45, 2.75) is 58.0 Å². The molecule has 1 aromatic rings. The monoisotopic (exact) mass is 320 g/mol. The van der Waals surface area contributed by atoms with Gasteiger partial charge in [0.05, 0.1) is 6.54 Å². The molecule has 0 aromatic carbocycles. The van der Waals surface area contributed by atoms with E-state index in [1.807, 2.05) is 12.3 Å². The molecule has 3 saturated carbocycles. The van der Waals surface area contributed by atoms with Crippen molar-refractivity contribution in [1.29, 1.82) is 0 Å². The molecule has 4 rings (SSSR count). The molecule has 122 valence electrons. The Morgan fingerprint density at radius 3 is 2.91 bits per heavy atom. The molecule has 0 aliphatic heterocycles. The van der Waals surface area contributed by atoms with E-state index in [0.717, 1.165) is 40.7 Å². The SMILES string of the molecule is C=C(SC)c1cc(CNC2(C)CC(C)CC3CC(C3)C2)on1. The molecule has 4 heteroatoms. The lowest BCUT2D eigenvalue weighted by Gasteiger charge is -2.47. The van der Waals surface area contributed by atoms with E-state index in [4.69, 9.17) is 4.52 Å². The van der Waals surface area contributed by atoms with E-state index in [-0.39, 0.29) is 5.54 Å². The van der Waals surface area contributed by atoms with Crippen LogP contribution in [0.5, 0.6) is 0 Å². The Morgan fingerprint density at radius 2 is 2.18 bits per heavy atom. The molecule has 1 heterocycles. The molecule has 1 aromatic heterocycles. The maximum Gasteiger partial charge on any atom is 0.151 e. The largest absolute Gasteiger partial charge is 0.359 e. The number of thioether (sulfide) groups is 1. The summed E-state index contributed by atoms with van der Waals surface area (Å²) in [4.78, 5) is 0.960. The first kappa shape index (κ1) is 16.1. The van der Waals surface area contributed by atoms with E-state index >= 15 is 0 Å². The number of hydrogen-bond acceptors (Lipinski definition) is 4. The van der Waals surface area contributed by atoms with Crippen molar-refractivity contribution < 1.29 is 4.52 Å². The molecule has 2 bridgehead atoms. The third kappa shape index (κ3) is 3.60. The number of hydrogen-bond donors (Lipinski definition) is 1. The molecule has 0 saturated heterocycles. The van der Waals surface area contributed by atoms with E-state index in [1.165, 1.54) is 32.1 Å². The lowest BCUT2D eigenvalue weighted by atomic mass is 9.62. The van der Waals surface area contributed by atoms with Crippen LogP contribution in [0.15, 0.2) is 17.2 Å². The normalized spacial score (nSPS) is 34.6. The average Bonchev–Trinajstić information content (AvgIpc) is 2.89. The second-order valence-corrected chi connectivity index (χ2v) is 8.57. The summed E-state index contributed by atoms with van der Waals surface area (Å²) in [5.74, 6) is 3.66. The van der Waals surface area contributed by atoms with Gasteiger partial charge in [0, 0.05) is 16.5 Å². The highest BCUT2D eigenvalue weighted by Crippen LogP contribution is 2.47. The highest BCUT2D eigenvalue weighted by atomic mass is 32.2. The molecular formula is C18H28N2OS. The van der Waals surface area contributed by atoms with Crippen molar-refractivity contribution in [3.63, 3.8) is 0 Å². The van der Waals surface area contributed by atoms with Gasteiger partial charge in [-0.2, -0.15) is 0 Å². The van der Waals surface area contributed by atoms with Crippen molar-refractivity contribution in [2.75, 3.05) is 6.26 Å². The van der Waals surface area contributed by atoms with E-state index in [0.29, 0.717) is 0 Å². The van der Waals surface area contributed by atoms with Gasteiger partial charge < -0.3 is 9.84 Å². The van der Waals surface area contributed by atoms with Gasteiger partial charge in [0.1, 0.15) is 5.69 Å². The van der Waals surface area contributed by atoms with Crippen LogP contribution in [0.2, 0.25) is 0 Å². The van der Waals surface area contributed by atoms with Gasteiger partial charge in [-0.1, -0.05) is 18.7 Å². The van der Waals surface area contributed by atoms with Crippen molar-refractivity contribution >= 4 is 16.7 Å². The Hall–Kier alpha value is -0.740. The third-order valence-corrected chi connectivity index (χ3v) is 6.09. The van der Waals surface area contributed by atoms with Crippen molar-refractivity contribution in [3.05, 3.63) is 24.1 Å². The van der Waals surface area contributed by atoms with Crippen LogP contribution in [-0.2, 0) is 6.54 Å². The molecule has 0 radical (unpaired) electrons. The third-order valence-electron chi connectivity index (χ3n) is 5.39. The summed E-state index contributed by atoms with van der Waals surface area (Å²) in [6, 6.07) is 2.01. The van der Waals surface area contributed by atoms with Crippen LogP contribution in [0, 0.1) is 17.8 Å². The van der Waals surface area contributed by atoms with Crippen LogP contribution in [-0.4, -0.2) is 17.0 Å². The number of fused-ring (bicyclic) bond motifs is 4. The lowest BCUT2D eigenvalue weighted by Crippen LogP contribution is -2.48. The predicted molar refractivity (Wildman–Crippen MR) is 93.5 cm³/mol. The average molecular weight is 321 g/mol. The minimum absolute atomic E-state index is 0.221. The zero-order valence-corrected chi connectivity index (χ0v) is 14.8. The highest BCUT2D eigenvalue weighted by Gasteiger charge is 2.40. The van der Waals surface area contributed by atoms with Gasteiger partial charge in [-0.15, -0.1) is 11.8 Å². The molecule has 3 aliphatic rings. The minimum Gasteiger partial charge on any atom is -0.359 e. The Morgan fingerprint density at radius 1 is 1.41 bits per heavy atom. The Labute approximate surface area is 138 Å². The summed E-state index contributed by atoms with van der Waals surface area (Å²) in [6.07, 6.45) is 8.87. The molecule has 3 nitrogen and oxygen atoms in total. The first-order valence-electron chi connectivity index (χ1n) is 8.41. The van der Waals surface area contributed by atoms with Crippen LogP contribution in [0.1, 0.15) is 57.4 Å². The first-order chi connectivity index (χ1) is 10.5. The van der Waals surface area contributed by atoms with Gasteiger partial charge in [-0.3, -0.25) is 0 Å². The second-order valence-electron chi connectivity index (χ2n) is 7.67. The minimum atomic E-state index is 0.221. The number of rotatable bonds is 5. The van der Waals surface area contributed by atoms with Crippen LogP contribution in [0.3, 0.4) is 0 Å². The zero-order valence-electron chi connectivity index (χ0n) is 14.0. The van der Waals surface area contributed by atoms with Crippen molar-refractivity contribution in [2.24, 2.45) is 17.8 Å². The summed E-state index contributed by atoms with van der Waals surface area (Å²) < 4.78 is 5.46. The molecule has 0 amide bonds. The lowest BCUT2D eigenvalue weighted by molar-refractivity contribution is 0.0691. The fourth-order valence-corrected chi connectivity index (χ4v) is 4.76. The summed E-state index contributed by atoms with van der Waals surface area (Å²) in [7, 11) is 0. The van der Waals surface area contributed by atoms with Crippen LogP contribution in [0.4, 0.5) is 0 Å². The van der Waals surface area contributed by atoms with Crippen LogP contribution >= 0.6 is 11.8 Å². The zero-order chi connectivity index (χ0) is 15.7. The van der Waals surface area contributed by atoms with E-state index in [9.17, 15) is 0 Å². The predicted octanol–water partition coefficient (Wildman–Crippen LogP) is 4.70. The first-order valence-corrected chi connectivity index (χ1v) is 9.64. The van der Waals surface area contributed by atoms with Crippen molar-refractivity contribution in [3.8, 4) is 0 Å².